The number of urea groups is 1. The Morgan fingerprint density at radius 2 is 1.90 bits per heavy atom. The molecular weight excluding hydrogens is 366 g/mol. The van der Waals surface area contributed by atoms with Crippen LogP contribution in [-0.2, 0) is 17.9 Å². The van der Waals surface area contributed by atoms with Crippen LogP contribution in [0.2, 0.25) is 0 Å². The van der Waals surface area contributed by atoms with E-state index in [1.807, 2.05) is 68.1 Å². The monoisotopic (exact) mass is 395 g/mol. The lowest BCUT2D eigenvalue weighted by atomic mass is 10.1. The van der Waals surface area contributed by atoms with Gasteiger partial charge in [-0.1, -0.05) is 37.6 Å². The van der Waals surface area contributed by atoms with Crippen LogP contribution in [0.4, 0.5) is 10.5 Å². The van der Waals surface area contributed by atoms with E-state index in [1.54, 1.807) is 11.9 Å². The second kappa shape index (κ2) is 8.99. The first-order valence-corrected chi connectivity index (χ1v) is 9.98. The van der Waals surface area contributed by atoms with Crippen molar-refractivity contribution in [1.29, 1.82) is 0 Å². The first-order valence-electron chi connectivity index (χ1n) is 9.98. The molecule has 1 heterocycles. The van der Waals surface area contributed by atoms with E-state index in [9.17, 15) is 9.59 Å². The average Bonchev–Trinajstić information content (AvgIpc) is 2.93. The van der Waals surface area contributed by atoms with Crippen LogP contribution in [0.1, 0.15) is 30.5 Å². The van der Waals surface area contributed by atoms with Crippen molar-refractivity contribution < 1.29 is 14.3 Å². The third-order valence-electron chi connectivity index (χ3n) is 5.05. The van der Waals surface area contributed by atoms with Crippen LogP contribution in [0.25, 0.3) is 0 Å². The number of ether oxygens (including phenoxy) is 1. The molecule has 154 valence electrons. The molecule has 0 fully saturated rings. The average molecular weight is 396 g/mol. The van der Waals surface area contributed by atoms with Gasteiger partial charge in [-0.05, 0) is 36.8 Å². The second-order valence-corrected chi connectivity index (χ2v) is 7.68. The summed E-state index contributed by atoms with van der Waals surface area (Å²) in [7, 11) is 1.63. The standard InChI is InChI=1S/C23H29N3O3/c1-16(2)22(27)26(20-8-5-17(3)6-9-20)14-18-7-10-21-19(13-18)15-25(11-12-29-21)23(28)24-4/h5-10,13,16H,11-12,14-15H2,1-4H3,(H,24,28). The summed E-state index contributed by atoms with van der Waals surface area (Å²) in [5.74, 6) is 0.758. The Kier molecular flexibility index (Phi) is 6.42. The summed E-state index contributed by atoms with van der Waals surface area (Å²) in [6.07, 6.45) is 0. The molecule has 0 spiro atoms. The predicted molar refractivity (Wildman–Crippen MR) is 114 cm³/mol. The van der Waals surface area contributed by atoms with Gasteiger partial charge in [-0.25, -0.2) is 4.79 Å². The van der Waals surface area contributed by atoms with Gasteiger partial charge in [0.2, 0.25) is 5.91 Å². The van der Waals surface area contributed by atoms with E-state index in [0.717, 1.165) is 28.1 Å². The number of aryl methyl sites for hydroxylation is 1. The molecule has 3 amide bonds. The van der Waals surface area contributed by atoms with Gasteiger partial charge in [0.15, 0.2) is 0 Å². The molecule has 0 unspecified atom stereocenters. The summed E-state index contributed by atoms with van der Waals surface area (Å²) in [5.41, 5.74) is 3.99. The summed E-state index contributed by atoms with van der Waals surface area (Å²) >= 11 is 0. The first-order chi connectivity index (χ1) is 13.9. The minimum absolute atomic E-state index is 0.0760. The molecule has 2 aromatic rings. The van der Waals surface area contributed by atoms with Gasteiger partial charge in [0.25, 0.3) is 0 Å². The maximum Gasteiger partial charge on any atom is 0.317 e. The van der Waals surface area contributed by atoms with Crippen molar-refractivity contribution in [3.63, 3.8) is 0 Å². The highest BCUT2D eigenvalue weighted by molar-refractivity contribution is 5.94. The molecular formula is C23H29N3O3. The number of carbonyl (C=O) groups excluding carboxylic acids is 2. The Morgan fingerprint density at radius 3 is 2.55 bits per heavy atom. The third-order valence-corrected chi connectivity index (χ3v) is 5.05. The molecule has 1 aliphatic heterocycles. The fourth-order valence-corrected chi connectivity index (χ4v) is 3.39. The summed E-state index contributed by atoms with van der Waals surface area (Å²) in [5, 5.41) is 2.67. The molecule has 0 atom stereocenters. The van der Waals surface area contributed by atoms with E-state index in [-0.39, 0.29) is 17.9 Å². The highest BCUT2D eigenvalue weighted by Crippen LogP contribution is 2.27. The molecule has 3 rings (SSSR count). The van der Waals surface area contributed by atoms with Crippen molar-refractivity contribution in [3.8, 4) is 5.75 Å². The Labute approximate surface area is 172 Å². The number of anilines is 1. The zero-order valence-electron chi connectivity index (χ0n) is 17.6. The Hall–Kier alpha value is -3.02. The van der Waals surface area contributed by atoms with Crippen LogP contribution in [-0.4, -0.2) is 37.0 Å². The number of hydrogen-bond acceptors (Lipinski definition) is 3. The normalized spacial score (nSPS) is 13.3. The lowest BCUT2D eigenvalue weighted by Gasteiger charge is -2.25. The van der Waals surface area contributed by atoms with E-state index in [2.05, 4.69) is 5.32 Å². The Bertz CT molecular complexity index is 877. The summed E-state index contributed by atoms with van der Waals surface area (Å²) in [6, 6.07) is 13.8. The lowest BCUT2D eigenvalue weighted by molar-refractivity contribution is -0.121. The van der Waals surface area contributed by atoms with Crippen LogP contribution in [0.5, 0.6) is 5.75 Å². The van der Waals surface area contributed by atoms with Gasteiger partial charge < -0.3 is 19.9 Å². The minimum atomic E-state index is -0.122. The number of amides is 3. The van der Waals surface area contributed by atoms with E-state index >= 15 is 0 Å². The molecule has 6 heteroatoms. The van der Waals surface area contributed by atoms with Crippen molar-refractivity contribution >= 4 is 17.6 Å². The zero-order valence-corrected chi connectivity index (χ0v) is 17.6. The van der Waals surface area contributed by atoms with E-state index in [1.165, 1.54) is 0 Å². The van der Waals surface area contributed by atoms with Gasteiger partial charge in [0.05, 0.1) is 19.6 Å². The number of nitrogens with one attached hydrogen (secondary N) is 1. The molecule has 0 saturated carbocycles. The Morgan fingerprint density at radius 1 is 1.17 bits per heavy atom. The van der Waals surface area contributed by atoms with Gasteiger partial charge in [0.1, 0.15) is 12.4 Å². The maximum atomic E-state index is 12.9. The molecule has 29 heavy (non-hydrogen) atoms. The van der Waals surface area contributed by atoms with Gasteiger partial charge >= 0.3 is 6.03 Å². The number of hydrogen-bond donors (Lipinski definition) is 1. The van der Waals surface area contributed by atoms with E-state index < -0.39 is 0 Å². The van der Waals surface area contributed by atoms with Crippen molar-refractivity contribution in [2.75, 3.05) is 25.1 Å². The number of fused-ring (bicyclic) bond motifs is 1. The highest BCUT2D eigenvalue weighted by atomic mass is 16.5. The molecule has 0 aromatic heterocycles. The van der Waals surface area contributed by atoms with Crippen LogP contribution in [0.15, 0.2) is 42.5 Å². The topological polar surface area (TPSA) is 61.9 Å². The SMILES string of the molecule is CNC(=O)N1CCOc2ccc(CN(C(=O)C(C)C)c3ccc(C)cc3)cc2C1. The fraction of sp³-hybridized carbons (Fsp3) is 0.391. The molecule has 0 aliphatic carbocycles. The molecule has 0 saturated heterocycles. The van der Waals surface area contributed by atoms with Crippen LogP contribution < -0.4 is 15.0 Å². The minimum Gasteiger partial charge on any atom is -0.491 e. The lowest BCUT2D eigenvalue weighted by Crippen LogP contribution is -2.38. The van der Waals surface area contributed by atoms with Crippen LogP contribution in [0.3, 0.4) is 0 Å². The maximum absolute atomic E-state index is 12.9. The predicted octanol–water partition coefficient (Wildman–Crippen LogP) is 3.72. The molecule has 6 nitrogen and oxygen atoms in total. The summed E-state index contributed by atoms with van der Waals surface area (Å²) in [6.45, 7) is 7.79. The summed E-state index contributed by atoms with van der Waals surface area (Å²) < 4.78 is 5.81. The molecule has 0 bridgehead atoms. The van der Waals surface area contributed by atoms with Crippen molar-refractivity contribution in [2.24, 2.45) is 5.92 Å². The molecule has 2 aromatic carbocycles. The van der Waals surface area contributed by atoms with Gasteiger partial charge in [-0.2, -0.15) is 0 Å². The van der Waals surface area contributed by atoms with Crippen molar-refractivity contribution in [1.82, 2.24) is 10.2 Å². The van der Waals surface area contributed by atoms with Crippen molar-refractivity contribution in [3.05, 3.63) is 59.2 Å². The van der Waals surface area contributed by atoms with Gasteiger partial charge in [-0.15, -0.1) is 0 Å². The van der Waals surface area contributed by atoms with Gasteiger partial charge in [0, 0.05) is 24.2 Å². The molecule has 1 aliphatic rings. The van der Waals surface area contributed by atoms with Crippen molar-refractivity contribution in [2.45, 2.75) is 33.9 Å². The first kappa shape index (κ1) is 20.7. The van der Waals surface area contributed by atoms with Gasteiger partial charge in [-0.3, -0.25) is 4.79 Å². The van der Waals surface area contributed by atoms with Crippen LogP contribution in [0, 0.1) is 12.8 Å². The number of rotatable bonds is 4. The van der Waals surface area contributed by atoms with Crippen LogP contribution >= 0.6 is 0 Å². The largest absolute Gasteiger partial charge is 0.491 e. The zero-order chi connectivity index (χ0) is 21.0. The van der Waals surface area contributed by atoms with E-state index in [4.69, 9.17) is 4.74 Å². The molecule has 1 N–H and O–H groups in total. The smallest absolute Gasteiger partial charge is 0.317 e. The number of nitrogens with zero attached hydrogens (tertiary/aromatic N) is 2. The Balaban J connectivity index is 1.88. The molecule has 0 radical (unpaired) electrons. The number of benzene rings is 2. The highest BCUT2D eigenvalue weighted by Gasteiger charge is 2.22. The second-order valence-electron chi connectivity index (χ2n) is 7.68. The quantitative estimate of drug-likeness (QED) is 0.858. The fourth-order valence-electron chi connectivity index (χ4n) is 3.39. The summed E-state index contributed by atoms with van der Waals surface area (Å²) in [4.78, 5) is 28.5. The van der Waals surface area contributed by atoms with E-state index in [0.29, 0.717) is 26.2 Å². The number of carbonyl (C=O) groups is 2. The third kappa shape index (κ3) is 4.88.